The van der Waals surface area contributed by atoms with E-state index in [0.29, 0.717) is 0 Å². The number of dihydropyridines is 1. The molecule has 0 radical (unpaired) electrons. The number of nitrogens with two attached hydrogens (primary N) is 1. The molecule has 0 bridgehead atoms. The summed E-state index contributed by atoms with van der Waals surface area (Å²) < 4.78 is 4.66. The highest BCUT2D eigenvalue weighted by Crippen LogP contribution is 2.34. The van der Waals surface area contributed by atoms with E-state index in [1.54, 1.807) is 6.20 Å². The standard InChI is InChI=1S/C44H36N6/c45-26-32(30-8-6-12-35(24-30)49-41-16-3-1-14-37(41)39-20-22-46-28-43(39)49)10-5-11-34-19-18-33(27-48-34)31-9-7-13-36(25-31)50-42-17-4-2-15-38(42)40-21-23-47-29-44(40)50/h1-10,12-27,29,34,46,48H,11,28,45H2/b10-5-,32-26+. The summed E-state index contributed by atoms with van der Waals surface area (Å²) in [4.78, 5) is 4.44. The molecule has 1 unspecified atom stereocenters. The molecule has 2 aliphatic heterocycles. The molecular formula is C44H36N6. The van der Waals surface area contributed by atoms with Crippen molar-refractivity contribution in [1.29, 1.82) is 0 Å². The summed E-state index contributed by atoms with van der Waals surface area (Å²) in [6.07, 6.45) is 21.5. The summed E-state index contributed by atoms with van der Waals surface area (Å²) in [5.74, 6) is 0. The lowest BCUT2D eigenvalue weighted by Crippen LogP contribution is -2.23. The smallest absolute Gasteiger partial charge is 0.0724 e. The predicted molar refractivity (Wildman–Crippen MR) is 208 cm³/mol. The zero-order chi connectivity index (χ0) is 33.4. The highest BCUT2D eigenvalue weighted by atomic mass is 15.0. The van der Waals surface area contributed by atoms with E-state index in [-0.39, 0.29) is 6.04 Å². The fourth-order valence-corrected chi connectivity index (χ4v) is 7.45. The molecule has 0 spiro atoms. The van der Waals surface area contributed by atoms with E-state index in [1.807, 2.05) is 18.6 Å². The first-order valence-electron chi connectivity index (χ1n) is 17.1. The second kappa shape index (κ2) is 12.5. The third-order valence-electron chi connectivity index (χ3n) is 9.83. The summed E-state index contributed by atoms with van der Waals surface area (Å²) >= 11 is 0. The van der Waals surface area contributed by atoms with Gasteiger partial charge in [0.2, 0.25) is 0 Å². The highest BCUT2D eigenvalue weighted by Gasteiger charge is 2.19. The number of allylic oxidation sites excluding steroid dienone is 4. The van der Waals surface area contributed by atoms with E-state index in [2.05, 4.69) is 164 Å². The monoisotopic (exact) mass is 648 g/mol. The minimum Gasteiger partial charge on any atom is -0.404 e. The van der Waals surface area contributed by atoms with Crippen LogP contribution in [0.15, 0.2) is 158 Å². The Labute approximate surface area is 290 Å². The van der Waals surface area contributed by atoms with Gasteiger partial charge >= 0.3 is 0 Å². The molecule has 2 aliphatic rings. The number of aromatic nitrogens is 3. The highest BCUT2D eigenvalue weighted by molar-refractivity contribution is 6.09. The van der Waals surface area contributed by atoms with Crippen LogP contribution in [0.2, 0.25) is 0 Å². The topological polar surface area (TPSA) is 72.8 Å². The number of benzene rings is 4. The first kappa shape index (κ1) is 29.6. The molecule has 0 amide bonds. The van der Waals surface area contributed by atoms with Gasteiger partial charge in [0.25, 0.3) is 0 Å². The molecule has 50 heavy (non-hydrogen) atoms. The normalized spacial score (nSPS) is 15.8. The summed E-state index contributed by atoms with van der Waals surface area (Å²) in [6.45, 7) is 0.785. The molecular weight excluding hydrogens is 613 g/mol. The Kier molecular flexibility index (Phi) is 7.39. The lowest BCUT2D eigenvalue weighted by atomic mass is 10.0. The fraction of sp³-hybridized carbons (Fsp3) is 0.0682. The number of hydrogen-bond donors (Lipinski definition) is 3. The molecule has 242 valence electrons. The van der Waals surface area contributed by atoms with E-state index in [9.17, 15) is 0 Å². The lowest BCUT2D eigenvalue weighted by molar-refractivity contribution is 0.705. The second-order valence-corrected chi connectivity index (χ2v) is 12.8. The van der Waals surface area contributed by atoms with Crippen molar-refractivity contribution in [3.63, 3.8) is 0 Å². The Bertz CT molecular complexity index is 2520. The van der Waals surface area contributed by atoms with Crippen molar-refractivity contribution < 1.29 is 0 Å². The van der Waals surface area contributed by atoms with Gasteiger partial charge in [0.15, 0.2) is 0 Å². The van der Waals surface area contributed by atoms with Crippen molar-refractivity contribution in [2.75, 3.05) is 0 Å². The van der Waals surface area contributed by atoms with Crippen molar-refractivity contribution in [1.82, 2.24) is 24.8 Å². The van der Waals surface area contributed by atoms with Gasteiger partial charge in [0, 0.05) is 57.7 Å². The average Bonchev–Trinajstić information content (AvgIpc) is 3.70. The van der Waals surface area contributed by atoms with Crippen LogP contribution in [0.4, 0.5) is 0 Å². The molecule has 6 nitrogen and oxygen atoms in total. The molecule has 5 heterocycles. The minimum atomic E-state index is 0.185. The minimum absolute atomic E-state index is 0.185. The van der Waals surface area contributed by atoms with E-state index >= 15 is 0 Å². The molecule has 0 fully saturated rings. The molecule has 9 rings (SSSR count). The Hall–Kier alpha value is -6.53. The number of nitrogens with one attached hydrogen (secondary N) is 2. The number of rotatable bonds is 7. The number of nitrogens with zero attached hydrogens (tertiary/aromatic N) is 3. The maximum atomic E-state index is 6.20. The third kappa shape index (κ3) is 5.09. The van der Waals surface area contributed by atoms with Gasteiger partial charge < -0.3 is 25.5 Å². The van der Waals surface area contributed by atoms with E-state index in [4.69, 9.17) is 5.73 Å². The summed E-state index contributed by atoms with van der Waals surface area (Å²) in [5.41, 5.74) is 18.8. The van der Waals surface area contributed by atoms with Crippen LogP contribution in [0.25, 0.3) is 61.3 Å². The summed E-state index contributed by atoms with van der Waals surface area (Å²) in [7, 11) is 0. The Balaban J connectivity index is 0.918. The zero-order valence-electron chi connectivity index (χ0n) is 27.5. The van der Waals surface area contributed by atoms with Crippen molar-refractivity contribution in [2.24, 2.45) is 5.73 Å². The Morgan fingerprint density at radius 1 is 0.800 bits per heavy atom. The van der Waals surface area contributed by atoms with Gasteiger partial charge in [0.1, 0.15) is 0 Å². The first-order valence-corrected chi connectivity index (χ1v) is 17.1. The third-order valence-corrected chi connectivity index (χ3v) is 9.83. The van der Waals surface area contributed by atoms with Crippen molar-refractivity contribution in [3.8, 4) is 11.4 Å². The Morgan fingerprint density at radius 3 is 2.42 bits per heavy atom. The number of pyridine rings is 1. The lowest BCUT2D eigenvalue weighted by Gasteiger charge is -2.18. The van der Waals surface area contributed by atoms with Gasteiger partial charge in [-0.1, -0.05) is 85.0 Å². The van der Waals surface area contributed by atoms with E-state index in [0.717, 1.165) is 52.1 Å². The number of hydrogen-bond acceptors (Lipinski definition) is 4. The number of para-hydroxylation sites is 2. The van der Waals surface area contributed by atoms with Crippen LogP contribution in [-0.4, -0.2) is 20.2 Å². The van der Waals surface area contributed by atoms with Crippen LogP contribution < -0.4 is 16.4 Å². The molecule has 0 saturated carbocycles. The van der Waals surface area contributed by atoms with Gasteiger partial charge in [-0.25, -0.2) is 0 Å². The first-order chi connectivity index (χ1) is 24.8. The van der Waals surface area contributed by atoms with Crippen LogP contribution in [0.5, 0.6) is 0 Å². The SMILES string of the molecule is N/C=C(\C=C/CC1C=CC(c2cccc(-n3c4ccccc4c4ccncc43)c2)=CN1)c1cccc(-n2c3c(c4ccccc42)C=CNC3)c1. The molecule has 4 N–H and O–H groups in total. The maximum absolute atomic E-state index is 6.20. The molecule has 3 aromatic heterocycles. The van der Waals surface area contributed by atoms with Gasteiger partial charge in [-0.05, 0) is 83.4 Å². The molecule has 7 aromatic rings. The van der Waals surface area contributed by atoms with Gasteiger partial charge in [0.05, 0.1) is 35.0 Å². The van der Waals surface area contributed by atoms with Gasteiger partial charge in [-0.2, -0.15) is 0 Å². The largest absolute Gasteiger partial charge is 0.404 e. The van der Waals surface area contributed by atoms with Crippen molar-refractivity contribution >= 4 is 49.9 Å². The summed E-state index contributed by atoms with van der Waals surface area (Å²) in [5, 5.41) is 10.7. The fourth-order valence-electron chi connectivity index (χ4n) is 7.45. The van der Waals surface area contributed by atoms with Crippen molar-refractivity contribution in [3.05, 3.63) is 181 Å². The van der Waals surface area contributed by atoms with E-state index < -0.39 is 0 Å². The number of fused-ring (bicyclic) bond motifs is 6. The van der Waals surface area contributed by atoms with Crippen molar-refractivity contribution in [2.45, 2.75) is 19.0 Å². The van der Waals surface area contributed by atoms with Gasteiger partial charge in [-0.15, -0.1) is 0 Å². The van der Waals surface area contributed by atoms with Gasteiger partial charge in [-0.3, -0.25) is 4.98 Å². The molecule has 0 saturated heterocycles. The molecule has 1 atom stereocenters. The average molecular weight is 649 g/mol. The molecule has 0 aliphatic carbocycles. The van der Waals surface area contributed by atoms with Crippen LogP contribution in [0.1, 0.15) is 28.8 Å². The summed E-state index contributed by atoms with van der Waals surface area (Å²) in [6, 6.07) is 36.8. The zero-order valence-corrected chi connectivity index (χ0v) is 27.5. The van der Waals surface area contributed by atoms with E-state index in [1.165, 1.54) is 38.4 Å². The van der Waals surface area contributed by atoms with Crippen LogP contribution in [0, 0.1) is 0 Å². The second-order valence-electron chi connectivity index (χ2n) is 12.8. The van der Waals surface area contributed by atoms with Crippen LogP contribution in [-0.2, 0) is 6.54 Å². The Morgan fingerprint density at radius 2 is 1.58 bits per heavy atom. The molecule has 4 aromatic carbocycles. The van der Waals surface area contributed by atoms with Crippen LogP contribution in [0.3, 0.4) is 0 Å². The quantitative estimate of drug-likeness (QED) is 0.151. The van der Waals surface area contributed by atoms with Crippen LogP contribution >= 0.6 is 0 Å². The molecule has 6 heteroatoms. The maximum Gasteiger partial charge on any atom is 0.0724 e. The predicted octanol–water partition coefficient (Wildman–Crippen LogP) is 9.01.